The van der Waals surface area contributed by atoms with Crippen LogP contribution in [0.15, 0.2) is 0 Å². The minimum absolute atomic E-state index is 0. The summed E-state index contributed by atoms with van der Waals surface area (Å²) >= 11 is 0. The van der Waals surface area contributed by atoms with E-state index >= 15 is 0 Å². The molecule has 0 amide bonds. The summed E-state index contributed by atoms with van der Waals surface area (Å²) in [6.07, 6.45) is 0.491. The number of rotatable bonds is 5. The summed E-state index contributed by atoms with van der Waals surface area (Å²) in [5.74, 6) is -2.02. The molecular formula is C6H12NNaO4. The summed E-state index contributed by atoms with van der Waals surface area (Å²) in [4.78, 5) is 20.1. The first-order valence-corrected chi connectivity index (χ1v) is 3.24. The molecule has 0 rings (SSSR count). The third-order valence-corrected chi connectivity index (χ3v) is 1.22. The first kappa shape index (κ1) is 14.4. The van der Waals surface area contributed by atoms with Crippen molar-refractivity contribution >= 4 is 41.5 Å². The standard InChI is InChI=1S/C6H11NO4.Na.H/c7-4(6(10)11)2-1-3-5(8)9;;/h4H,1-3,7H2,(H,8,9)(H,10,11);;/t4-;;/m0../s1. The molecule has 0 aliphatic carbocycles. The van der Waals surface area contributed by atoms with Crippen LogP contribution in [0.4, 0.5) is 0 Å². The van der Waals surface area contributed by atoms with Gasteiger partial charge in [-0.25, -0.2) is 0 Å². The molecule has 0 heterocycles. The summed E-state index contributed by atoms with van der Waals surface area (Å²) in [6.45, 7) is 0. The van der Waals surface area contributed by atoms with Gasteiger partial charge in [-0.2, -0.15) is 0 Å². The Morgan fingerprint density at radius 2 is 1.83 bits per heavy atom. The molecule has 66 valence electrons. The van der Waals surface area contributed by atoms with Crippen LogP contribution >= 0.6 is 0 Å². The van der Waals surface area contributed by atoms with Crippen LogP contribution in [0, 0.1) is 0 Å². The number of hydrogen-bond donors (Lipinski definition) is 3. The second-order valence-electron chi connectivity index (χ2n) is 2.23. The number of aliphatic carboxylic acids is 2. The van der Waals surface area contributed by atoms with Gasteiger partial charge in [-0.3, -0.25) is 9.59 Å². The monoisotopic (exact) mass is 185 g/mol. The van der Waals surface area contributed by atoms with Crippen LogP contribution in [-0.2, 0) is 9.59 Å². The molecule has 0 fully saturated rings. The van der Waals surface area contributed by atoms with E-state index in [0.29, 0.717) is 6.42 Å². The fraction of sp³-hybridized carbons (Fsp3) is 0.667. The van der Waals surface area contributed by atoms with Gasteiger partial charge in [-0.15, -0.1) is 0 Å². The van der Waals surface area contributed by atoms with Gasteiger partial charge in [0.05, 0.1) is 0 Å². The molecule has 0 saturated carbocycles. The number of carboxylic acid groups (broad SMARTS) is 2. The first-order chi connectivity index (χ1) is 5.04. The van der Waals surface area contributed by atoms with E-state index in [2.05, 4.69) is 0 Å². The maximum atomic E-state index is 10.1. The Hall–Kier alpha value is -0.100. The Morgan fingerprint density at radius 3 is 2.17 bits per heavy atom. The van der Waals surface area contributed by atoms with Gasteiger partial charge in [0, 0.05) is 6.42 Å². The molecule has 0 aromatic heterocycles. The summed E-state index contributed by atoms with van der Waals surface area (Å²) in [6, 6.07) is -0.936. The zero-order valence-corrected chi connectivity index (χ0v) is 5.99. The second kappa shape index (κ2) is 7.54. The quantitative estimate of drug-likeness (QED) is 0.477. The predicted molar refractivity (Wildman–Crippen MR) is 44.2 cm³/mol. The van der Waals surface area contributed by atoms with Crippen molar-refractivity contribution in [3.63, 3.8) is 0 Å². The van der Waals surface area contributed by atoms with Crippen molar-refractivity contribution in [2.24, 2.45) is 5.73 Å². The summed E-state index contributed by atoms with van der Waals surface area (Å²) in [7, 11) is 0. The Bertz CT molecular complexity index is 162. The average Bonchev–Trinajstić information content (AvgIpc) is 1.86. The van der Waals surface area contributed by atoms with Crippen molar-refractivity contribution in [3.8, 4) is 0 Å². The zero-order chi connectivity index (χ0) is 8.85. The van der Waals surface area contributed by atoms with Gasteiger partial charge in [-0.05, 0) is 12.8 Å². The minimum atomic E-state index is -1.09. The van der Waals surface area contributed by atoms with Crippen LogP contribution in [0.3, 0.4) is 0 Å². The van der Waals surface area contributed by atoms with Gasteiger partial charge in [-0.1, -0.05) is 0 Å². The van der Waals surface area contributed by atoms with Gasteiger partial charge < -0.3 is 15.9 Å². The average molecular weight is 185 g/mol. The Labute approximate surface area is 92.2 Å². The molecule has 0 radical (unpaired) electrons. The molecule has 0 aliphatic rings. The van der Waals surface area contributed by atoms with Gasteiger partial charge in [0.2, 0.25) is 0 Å². The van der Waals surface area contributed by atoms with Gasteiger partial charge in [0.25, 0.3) is 0 Å². The number of nitrogens with two attached hydrogens (primary N) is 1. The molecule has 0 saturated heterocycles. The van der Waals surface area contributed by atoms with Crippen molar-refractivity contribution in [2.45, 2.75) is 25.3 Å². The fourth-order valence-corrected chi connectivity index (χ4v) is 0.597. The van der Waals surface area contributed by atoms with Crippen molar-refractivity contribution in [3.05, 3.63) is 0 Å². The molecule has 1 atom stereocenters. The molecule has 0 bridgehead atoms. The molecule has 0 unspecified atom stereocenters. The van der Waals surface area contributed by atoms with Crippen LogP contribution in [0.1, 0.15) is 19.3 Å². The van der Waals surface area contributed by atoms with Crippen molar-refractivity contribution < 1.29 is 19.8 Å². The van der Waals surface area contributed by atoms with Crippen LogP contribution in [0.25, 0.3) is 0 Å². The molecule has 6 heteroatoms. The van der Waals surface area contributed by atoms with Crippen LogP contribution in [0.5, 0.6) is 0 Å². The first-order valence-electron chi connectivity index (χ1n) is 3.24. The van der Waals surface area contributed by atoms with Crippen LogP contribution < -0.4 is 5.73 Å². The molecule has 12 heavy (non-hydrogen) atoms. The molecule has 0 aromatic rings. The van der Waals surface area contributed by atoms with Crippen LogP contribution in [-0.4, -0.2) is 57.8 Å². The van der Waals surface area contributed by atoms with Crippen LogP contribution in [0.2, 0.25) is 0 Å². The van der Waals surface area contributed by atoms with E-state index in [-0.39, 0.29) is 42.4 Å². The van der Waals surface area contributed by atoms with E-state index in [0.717, 1.165) is 0 Å². The van der Waals surface area contributed by atoms with E-state index in [1.54, 1.807) is 0 Å². The normalized spacial score (nSPS) is 11.4. The van der Waals surface area contributed by atoms with E-state index in [4.69, 9.17) is 15.9 Å². The maximum absolute atomic E-state index is 10.1. The zero-order valence-electron chi connectivity index (χ0n) is 5.99. The summed E-state index contributed by atoms with van der Waals surface area (Å²) in [5.41, 5.74) is 5.11. The van der Waals surface area contributed by atoms with E-state index < -0.39 is 18.0 Å². The van der Waals surface area contributed by atoms with Crippen molar-refractivity contribution in [2.75, 3.05) is 0 Å². The van der Waals surface area contributed by atoms with Crippen molar-refractivity contribution in [1.82, 2.24) is 0 Å². The van der Waals surface area contributed by atoms with E-state index in [9.17, 15) is 9.59 Å². The third kappa shape index (κ3) is 8.00. The molecule has 0 aliphatic heterocycles. The Morgan fingerprint density at radius 1 is 1.33 bits per heavy atom. The molecule has 0 spiro atoms. The summed E-state index contributed by atoms with van der Waals surface area (Å²) < 4.78 is 0. The SMILES string of the molecule is N[C@@H](CCCC(=O)O)C(=O)O.[NaH]. The topological polar surface area (TPSA) is 101 Å². The third-order valence-electron chi connectivity index (χ3n) is 1.22. The summed E-state index contributed by atoms with van der Waals surface area (Å²) in [5, 5.41) is 16.5. The number of carboxylic acids is 2. The predicted octanol–water partition coefficient (Wildman–Crippen LogP) is -0.995. The van der Waals surface area contributed by atoms with Crippen molar-refractivity contribution in [1.29, 1.82) is 0 Å². The molecule has 5 nitrogen and oxygen atoms in total. The Balaban J connectivity index is 0. The van der Waals surface area contributed by atoms with Gasteiger partial charge >= 0.3 is 41.5 Å². The number of carbonyl (C=O) groups is 2. The van der Waals surface area contributed by atoms with Gasteiger partial charge in [0.15, 0.2) is 0 Å². The molecule has 0 aromatic carbocycles. The fourth-order valence-electron chi connectivity index (χ4n) is 0.597. The number of hydrogen-bond acceptors (Lipinski definition) is 3. The Kier molecular flexibility index (Phi) is 9.07. The van der Waals surface area contributed by atoms with Gasteiger partial charge in [0.1, 0.15) is 6.04 Å². The molecular weight excluding hydrogens is 173 g/mol. The van der Waals surface area contributed by atoms with E-state index in [1.165, 1.54) is 0 Å². The second-order valence-corrected chi connectivity index (χ2v) is 2.23. The molecule has 4 N–H and O–H groups in total. The van der Waals surface area contributed by atoms with E-state index in [1.807, 2.05) is 0 Å².